The van der Waals surface area contributed by atoms with Crippen molar-refractivity contribution >= 4 is 15.7 Å². The standard InChI is InChI=1S/C11H20N2O3S/c1-9-7-12-4-5-13(11(9)14)8-10-3-2-6-17(10,15)16/h9-10,12H,2-8H2,1H3. The van der Waals surface area contributed by atoms with Crippen LogP contribution in [0.15, 0.2) is 0 Å². The van der Waals surface area contributed by atoms with E-state index in [1.54, 1.807) is 4.90 Å². The highest BCUT2D eigenvalue weighted by molar-refractivity contribution is 7.92. The predicted octanol–water partition coefficient (Wildman–Crippen LogP) is -0.368. The normalized spacial score (nSPS) is 33.7. The average molecular weight is 260 g/mol. The van der Waals surface area contributed by atoms with Gasteiger partial charge in [0.05, 0.1) is 11.0 Å². The topological polar surface area (TPSA) is 66.5 Å². The molecule has 6 heteroatoms. The molecule has 0 spiro atoms. The number of sulfone groups is 1. The maximum absolute atomic E-state index is 12.0. The Bertz CT molecular complexity index is 394. The van der Waals surface area contributed by atoms with Gasteiger partial charge in [0.15, 0.2) is 9.84 Å². The van der Waals surface area contributed by atoms with Crippen LogP contribution < -0.4 is 5.32 Å². The van der Waals surface area contributed by atoms with E-state index in [2.05, 4.69) is 5.32 Å². The Labute approximate surface area is 102 Å². The molecule has 0 aromatic rings. The van der Waals surface area contributed by atoms with E-state index in [4.69, 9.17) is 0 Å². The largest absolute Gasteiger partial charge is 0.340 e. The third kappa shape index (κ3) is 2.80. The lowest BCUT2D eigenvalue weighted by atomic mass is 10.1. The molecule has 2 aliphatic heterocycles. The van der Waals surface area contributed by atoms with Gasteiger partial charge >= 0.3 is 0 Å². The van der Waals surface area contributed by atoms with Crippen LogP contribution in [0.5, 0.6) is 0 Å². The molecule has 0 radical (unpaired) electrons. The molecule has 17 heavy (non-hydrogen) atoms. The van der Waals surface area contributed by atoms with Crippen LogP contribution in [0.4, 0.5) is 0 Å². The molecule has 2 heterocycles. The lowest BCUT2D eigenvalue weighted by Gasteiger charge is -2.25. The van der Waals surface area contributed by atoms with Gasteiger partial charge < -0.3 is 10.2 Å². The van der Waals surface area contributed by atoms with E-state index in [1.165, 1.54) is 0 Å². The molecule has 0 aromatic heterocycles. The number of hydrogen-bond acceptors (Lipinski definition) is 4. The maximum atomic E-state index is 12.0. The summed E-state index contributed by atoms with van der Waals surface area (Å²) in [6.07, 6.45) is 1.44. The van der Waals surface area contributed by atoms with Crippen LogP contribution in [-0.4, -0.2) is 56.4 Å². The van der Waals surface area contributed by atoms with Gasteiger partial charge in [-0.3, -0.25) is 4.79 Å². The molecular weight excluding hydrogens is 240 g/mol. The van der Waals surface area contributed by atoms with Crippen LogP contribution in [0.1, 0.15) is 19.8 Å². The zero-order valence-electron chi connectivity index (χ0n) is 10.2. The molecule has 0 saturated carbocycles. The molecule has 0 aromatic carbocycles. The SMILES string of the molecule is CC1CNCCN(CC2CCCS2(=O)=O)C1=O. The number of carbonyl (C=O) groups excluding carboxylic acids is 1. The van der Waals surface area contributed by atoms with Gasteiger partial charge in [-0.2, -0.15) is 0 Å². The van der Waals surface area contributed by atoms with Gasteiger partial charge in [-0.05, 0) is 12.8 Å². The fourth-order valence-electron chi connectivity index (χ4n) is 2.53. The molecule has 0 bridgehead atoms. The Morgan fingerprint density at radius 3 is 2.88 bits per heavy atom. The van der Waals surface area contributed by atoms with E-state index < -0.39 is 9.84 Å². The third-order valence-corrected chi connectivity index (χ3v) is 5.89. The molecule has 2 unspecified atom stereocenters. The quantitative estimate of drug-likeness (QED) is 0.736. The van der Waals surface area contributed by atoms with Gasteiger partial charge in [0, 0.05) is 32.1 Å². The Morgan fingerprint density at radius 1 is 1.47 bits per heavy atom. The number of carbonyl (C=O) groups is 1. The maximum Gasteiger partial charge on any atom is 0.226 e. The highest BCUT2D eigenvalue weighted by Gasteiger charge is 2.35. The van der Waals surface area contributed by atoms with Crippen molar-refractivity contribution < 1.29 is 13.2 Å². The molecule has 5 nitrogen and oxygen atoms in total. The second kappa shape index (κ2) is 4.94. The Kier molecular flexibility index (Phi) is 3.73. The van der Waals surface area contributed by atoms with Crippen LogP contribution >= 0.6 is 0 Å². The Balaban J connectivity index is 2.04. The van der Waals surface area contributed by atoms with Gasteiger partial charge in [0.2, 0.25) is 5.91 Å². The fourth-order valence-corrected chi connectivity index (χ4v) is 4.37. The number of amides is 1. The number of hydrogen-bond donors (Lipinski definition) is 1. The Morgan fingerprint density at radius 2 is 2.24 bits per heavy atom. The molecule has 2 fully saturated rings. The van der Waals surface area contributed by atoms with Gasteiger partial charge in [0.1, 0.15) is 0 Å². The summed E-state index contributed by atoms with van der Waals surface area (Å²) in [4.78, 5) is 13.8. The van der Waals surface area contributed by atoms with Gasteiger partial charge in [0.25, 0.3) is 0 Å². The zero-order chi connectivity index (χ0) is 12.5. The van der Waals surface area contributed by atoms with Crippen LogP contribution in [-0.2, 0) is 14.6 Å². The van der Waals surface area contributed by atoms with E-state index >= 15 is 0 Å². The summed E-state index contributed by atoms with van der Waals surface area (Å²) >= 11 is 0. The molecule has 2 aliphatic rings. The summed E-state index contributed by atoms with van der Waals surface area (Å²) in [5, 5.41) is 2.85. The van der Waals surface area contributed by atoms with Crippen LogP contribution in [0, 0.1) is 5.92 Å². The molecular formula is C11H20N2O3S. The summed E-state index contributed by atoms with van der Waals surface area (Å²) in [7, 11) is -2.95. The highest BCUT2D eigenvalue weighted by Crippen LogP contribution is 2.21. The molecule has 0 aliphatic carbocycles. The first-order valence-corrected chi connectivity index (χ1v) is 7.93. The summed E-state index contributed by atoms with van der Waals surface area (Å²) in [6, 6.07) is 0. The van der Waals surface area contributed by atoms with Crippen LogP contribution in [0.25, 0.3) is 0 Å². The van der Waals surface area contributed by atoms with Crippen molar-refractivity contribution in [1.29, 1.82) is 0 Å². The van der Waals surface area contributed by atoms with Crippen molar-refractivity contribution in [2.75, 3.05) is 31.9 Å². The average Bonchev–Trinajstić information content (AvgIpc) is 2.52. The van der Waals surface area contributed by atoms with E-state index in [-0.39, 0.29) is 22.8 Å². The lowest BCUT2D eigenvalue weighted by molar-refractivity contribution is -0.133. The lowest BCUT2D eigenvalue weighted by Crippen LogP contribution is -2.42. The van der Waals surface area contributed by atoms with Crippen LogP contribution in [0.2, 0.25) is 0 Å². The first kappa shape index (κ1) is 12.8. The first-order chi connectivity index (χ1) is 8.00. The summed E-state index contributed by atoms with van der Waals surface area (Å²) in [5.41, 5.74) is 0. The monoisotopic (exact) mass is 260 g/mol. The van der Waals surface area contributed by atoms with Gasteiger partial charge in [-0.25, -0.2) is 8.42 Å². The van der Waals surface area contributed by atoms with Crippen molar-refractivity contribution in [1.82, 2.24) is 10.2 Å². The zero-order valence-corrected chi connectivity index (χ0v) is 11.0. The van der Waals surface area contributed by atoms with E-state index in [9.17, 15) is 13.2 Å². The van der Waals surface area contributed by atoms with Crippen molar-refractivity contribution in [3.05, 3.63) is 0 Å². The number of nitrogens with one attached hydrogen (secondary N) is 1. The smallest absolute Gasteiger partial charge is 0.226 e. The van der Waals surface area contributed by atoms with E-state index in [1.807, 2.05) is 6.92 Å². The predicted molar refractivity (Wildman–Crippen MR) is 65.4 cm³/mol. The molecule has 2 saturated heterocycles. The highest BCUT2D eigenvalue weighted by atomic mass is 32.2. The van der Waals surface area contributed by atoms with Crippen molar-refractivity contribution in [3.8, 4) is 0 Å². The van der Waals surface area contributed by atoms with Crippen molar-refractivity contribution in [2.24, 2.45) is 5.92 Å². The second-order valence-electron chi connectivity index (χ2n) is 5.02. The van der Waals surface area contributed by atoms with Gasteiger partial charge in [-0.1, -0.05) is 6.92 Å². The molecule has 1 amide bonds. The van der Waals surface area contributed by atoms with E-state index in [0.717, 1.165) is 13.0 Å². The second-order valence-corrected chi connectivity index (χ2v) is 7.42. The fraction of sp³-hybridized carbons (Fsp3) is 0.909. The Hall–Kier alpha value is -0.620. The third-order valence-electron chi connectivity index (χ3n) is 3.63. The first-order valence-electron chi connectivity index (χ1n) is 6.22. The van der Waals surface area contributed by atoms with Crippen LogP contribution in [0.3, 0.4) is 0 Å². The number of nitrogens with zero attached hydrogens (tertiary/aromatic N) is 1. The summed E-state index contributed by atoms with van der Waals surface area (Å²) in [6.45, 7) is 4.33. The van der Waals surface area contributed by atoms with Crippen molar-refractivity contribution in [3.63, 3.8) is 0 Å². The minimum Gasteiger partial charge on any atom is -0.340 e. The van der Waals surface area contributed by atoms with Gasteiger partial charge in [-0.15, -0.1) is 0 Å². The molecule has 2 atom stereocenters. The van der Waals surface area contributed by atoms with Crippen molar-refractivity contribution in [2.45, 2.75) is 25.0 Å². The number of rotatable bonds is 2. The molecule has 1 N–H and O–H groups in total. The molecule has 2 rings (SSSR count). The minimum absolute atomic E-state index is 0.0541. The molecule has 98 valence electrons. The van der Waals surface area contributed by atoms with E-state index in [0.29, 0.717) is 26.1 Å². The minimum atomic E-state index is -2.95. The summed E-state index contributed by atoms with van der Waals surface area (Å²) in [5.74, 6) is 0.312. The summed E-state index contributed by atoms with van der Waals surface area (Å²) < 4.78 is 23.5.